The summed E-state index contributed by atoms with van der Waals surface area (Å²) < 4.78 is 15.8. The van der Waals surface area contributed by atoms with E-state index in [9.17, 15) is 9.59 Å². The van der Waals surface area contributed by atoms with Crippen LogP contribution in [0.3, 0.4) is 0 Å². The van der Waals surface area contributed by atoms with E-state index in [1.807, 2.05) is 0 Å². The molecular weight excluding hydrogens is 366 g/mol. The third-order valence-corrected chi connectivity index (χ3v) is 3.56. The smallest absolute Gasteiger partial charge is 0.437 e. The number of likely N-dealkylation sites (tertiary alicyclic amines) is 1. The highest BCUT2D eigenvalue weighted by atomic mass is 16.6. The molecule has 2 heterocycles. The molecule has 1 fully saturated rings. The predicted octanol–water partition coefficient (Wildman–Crippen LogP) is 3.33. The summed E-state index contributed by atoms with van der Waals surface area (Å²) in [5.41, 5.74) is -1.42. The Hall–Kier alpha value is -2.65. The fraction of sp³-hybridized carbons (Fsp3) is 0.722. The van der Waals surface area contributed by atoms with E-state index in [4.69, 9.17) is 14.0 Å². The number of carbonyl (C=O) groups excluding carboxylic acids is 2. The number of hydrogen-bond acceptors (Lipinski definition) is 7. The molecule has 0 unspecified atom stereocenters. The molecule has 0 radical (unpaired) electrons. The first-order valence-electron chi connectivity index (χ1n) is 9.22. The lowest BCUT2D eigenvalue weighted by molar-refractivity contribution is 0.0553. The molecule has 2 amide bonds. The summed E-state index contributed by atoms with van der Waals surface area (Å²) in [6, 6.07) is -0.308. The van der Waals surface area contributed by atoms with E-state index in [2.05, 4.69) is 20.4 Å². The third-order valence-electron chi connectivity index (χ3n) is 3.56. The summed E-state index contributed by atoms with van der Waals surface area (Å²) in [4.78, 5) is 34.5. The molecule has 1 N–H and O–H groups in total. The van der Waals surface area contributed by atoms with E-state index in [1.165, 1.54) is 0 Å². The van der Waals surface area contributed by atoms with Gasteiger partial charge in [-0.05, 0) is 61.3 Å². The number of aliphatic imine (C=N–C) groups is 1. The van der Waals surface area contributed by atoms with Gasteiger partial charge in [0.15, 0.2) is 5.82 Å². The van der Waals surface area contributed by atoms with E-state index >= 15 is 0 Å². The first-order chi connectivity index (χ1) is 12.8. The van der Waals surface area contributed by atoms with Gasteiger partial charge >= 0.3 is 12.2 Å². The van der Waals surface area contributed by atoms with E-state index in [0.29, 0.717) is 24.7 Å². The zero-order valence-electron chi connectivity index (χ0n) is 17.5. The van der Waals surface area contributed by atoms with Crippen molar-refractivity contribution in [2.75, 3.05) is 6.54 Å². The third kappa shape index (κ3) is 6.50. The van der Waals surface area contributed by atoms with Crippen molar-refractivity contribution < 1.29 is 23.6 Å². The van der Waals surface area contributed by atoms with Gasteiger partial charge in [0, 0.05) is 6.54 Å². The molecule has 0 spiro atoms. The molecule has 1 aromatic heterocycles. The summed E-state index contributed by atoms with van der Waals surface area (Å²) in [6.45, 7) is 12.7. The highest BCUT2D eigenvalue weighted by Crippen LogP contribution is 2.31. The van der Waals surface area contributed by atoms with Crippen LogP contribution in [0.2, 0.25) is 0 Å². The number of alkyl carbamates (subject to hydrolysis) is 1. The van der Waals surface area contributed by atoms with Crippen LogP contribution in [0.15, 0.2) is 9.52 Å². The van der Waals surface area contributed by atoms with E-state index in [0.717, 1.165) is 6.42 Å². The van der Waals surface area contributed by atoms with Crippen LogP contribution >= 0.6 is 0 Å². The molecule has 0 aromatic carbocycles. The van der Waals surface area contributed by atoms with Crippen molar-refractivity contribution in [3.05, 3.63) is 11.7 Å². The van der Waals surface area contributed by atoms with Crippen LogP contribution in [-0.2, 0) is 9.47 Å². The molecule has 1 aliphatic rings. The van der Waals surface area contributed by atoms with Gasteiger partial charge in [0.25, 0.3) is 0 Å². The molecule has 1 aliphatic heterocycles. The zero-order valence-corrected chi connectivity index (χ0v) is 17.5. The van der Waals surface area contributed by atoms with Gasteiger partial charge in [-0.25, -0.2) is 9.59 Å². The Balaban J connectivity index is 2.28. The Labute approximate surface area is 164 Å². The maximum absolute atomic E-state index is 12.3. The highest BCUT2D eigenvalue weighted by Gasteiger charge is 2.35. The molecule has 10 heteroatoms. The Kier molecular flexibility index (Phi) is 6.30. The van der Waals surface area contributed by atoms with Gasteiger partial charge in [-0.3, -0.25) is 5.32 Å². The van der Waals surface area contributed by atoms with Gasteiger partial charge in [-0.1, -0.05) is 5.16 Å². The van der Waals surface area contributed by atoms with Crippen LogP contribution in [0.4, 0.5) is 9.59 Å². The summed E-state index contributed by atoms with van der Waals surface area (Å²) in [5.74, 6) is 0.937. The maximum atomic E-state index is 12.3. The van der Waals surface area contributed by atoms with Crippen LogP contribution in [0.25, 0.3) is 0 Å². The van der Waals surface area contributed by atoms with Gasteiger partial charge in [0.2, 0.25) is 11.9 Å². The predicted molar refractivity (Wildman–Crippen MR) is 101 cm³/mol. The van der Waals surface area contributed by atoms with Crippen molar-refractivity contribution in [3.8, 4) is 0 Å². The number of amides is 2. The van der Waals surface area contributed by atoms with E-state index in [1.54, 1.807) is 53.4 Å². The number of aromatic nitrogens is 2. The van der Waals surface area contributed by atoms with Crippen molar-refractivity contribution in [1.82, 2.24) is 20.4 Å². The average molecular weight is 395 g/mol. The molecule has 10 nitrogen and oxygen atoms in total. The number of nitrogens with zero attached hydrogens (tertiary/aromatic N) is 4. The fourth-order valence-corrected chi connectivity index (χ4v) is 2.66. The van der Waals surface area contributed by atoms with Gasteiger partial charge < -0.3 is 18.9 Å². The minimum Gasteiger partial charge on any atom is -0.444 e. The molecule has 0 bridgehead atoms. The second kappa shape index (κ2) is 8.15. The Bertz CT molecular complexity index is 744. The van der Waals surface area contributed by atoms with E-state index < -0.39 is 23.4 Å². The number of nitrogens with one attached hydrogen (secondary N) is 1. The normalized spacial score (nSPS) is 18.2. The second-order valence-electron chi connectivity index (χ2n) is 8.57. The number of aryl methyl sites for hydroxylation is 1. The molecule has 156 valence electrons. The van der Waals surface area contributed by atoms with Crippen LogP contribution in [0.1, 0.15) is 72.1 Å². The number of guanidine groups is 1. The van der Waals surface area contributed by atoms with Gasteiger partial charge in [-0.15, -0.1) is 4.99 Å². The number of hydrogen-bond donors (Lipinski definition) is 1. The minimum absolute atomic E-state index is 0.0295. The number of rotatable bonds is 1. The molecule has 0 aliphatic carbocycles. The first-order valence-corrected chi connectivity index (χ1v) is 9.22. The number of ether oxygens (including phenoxy) is 2. The average Bonchev–Trinajstić information content (AvgIpc) is 3.10. The second-order valence-corrected chi connectivity index (χ2v) is 8.57. The maximum Gasteiger partial charge on any atom is 0.437 e. The lowest BCUT2D eigenvalue weighted by atomic mass is 10.2. The van der Waals surface area contributed by atoms with Crippen LogP contribution in [0, 0.1) is 6.92 Å². The topological polar surface area (TPSA) is 119 Å². The lowest BCUT2D eigenvalue weighted by Crippen LogP contribution is -2.46. The first kappa shape index (κ1) is 21.6. The minimum atomic E-state index is -0.814. The standard InChI is InChI=1S/C18H29N5O5/c1-11-19-13(28-22-11)12-9-8-10-23(12)14(20-15(24)26-17(2,3)4)21-16(25)27-18(5,6)7/h12H,8-10H2,1-7H3,(H,20,21,24,25)/t12-/m0/s1. The van der Waals surface area contributed by atoms with E-state index in [-0.39, 0.29) is 12.0 Å². The molecule has 1 atom stereocenters. The van der Waals surface area contributed by atoms with Crippen molar-refractivity contribution in [1.29, 1.82) is 0 Å². The summed E-state index contributed by atoms with van der Waals surface area (Å²) >= 11 is 0. The molecule has 1 aromatic rings. The summed E-state index contributed by atoms with van der Waals surface area (Å²) in [6.07, 6.45) is -0.0199. The van der Waals surface area contributed by atoms with Gasteiger partial charge in [-0.2, -0.15) is 4.98 Å². The van der Waals surface area contributed by atoms with Crippen LogP contribution < -0.4 is 5.32 Å². The van der Waals surface area contributed by atoms with Crippen LogP contribution in [0.5, 0.6) is 0 Å². The largest absolute Gasteiger partial charge is 0.444 e. The quantitative estimate of drug-likeness (QED) is 0.568. The van der Waals surface area contributed by atoms with Crippen molar-refractivity contribution in [3.63, 3.8) is 0 Å². The monoisotopic (exact) mass is 395 g/mol. The molecule has 28 heavy (non-hydrogen) atoms. The SMILES string of the molecule is Cc1noc([C@@H]2CCCN2C(=NC(=O)OC(C)(C)C)NC(=O)OC(C)(C)C)n1. The highest BCUT2D eigenvalue weighted by molar-refractivity contribution is 5.99. The Morgan fingerprint density at radius 3 is 2.36 bits per heavy atom. The fourth-order valence-electron chi connectivity index (χ4n) is 2.66. The molecule has 2 rings (SSSR count). The molecular formula is C18H29N5O5. The zero-order chi connectivity index (χ0) is 21.1. The molecule has 0 saturated carbocycles. The van der Waals surface area contributed by atoms with Crippen molar-refractivity contribution >= 4 is 18.1 Å². The number of carbonyl (C=O) groups is 2. The van der Waals surface area contributed by atoms with Gasteiger partial charge in [0.05, 0.1) is 0 Å². The lowest BCUT2D eigenvalue weighted by Gasteiger charge is -2.27. The summed E-state index contributed by atoms with van der Waals surface area (Å²) in [7, 11) is 0. The summed E-state index contributed by atoms with van der Waals surface area (Å²) in [5, 5.41) is 6.38. The van der Waals surface area contributed by atoms with Crippen molar-refractivity contribution in [2.45, 2.75) is 78.6 Å². The Morgan fingerprint density at radius 2 is 1.82 bits per heavy atom. The van der Waals surface area contributed by atoms with Gasteiger partial charge in [0.1, 0.15) is 17.2 Å². The molecule has 1 saturated heterocycles. The Morgan fingerprint density at radius 1 is 1.18 bits per heavy atom. The van der Waals surface area contributed by atoms with Crippen molar-refractivity contribution in [2.24, 2.45) is 4.99 Å². The van der Waals surface area contributed by atoms with Crippen LogP contribution in [-0.4, -0.2) is 50.9 Å².